The van der Waals surface area contributed by atoms with Gasteiger partial charge < -0.3 is 9.42 Å². The van der Waals surface area contributed by atoms with Gasteiger partial charge in [-0.2, -0.15) is 4.98 Å². The molecule has 1 aliphatic heterocycles. The zero-order valence-electron chi connectivity index (χ0n) is 15.3. The van der Waals surface area contributed by atoms with Crippen molar-refractivity contribution in [2.24, 2.45) is 0 Å². The van der Waals surface area contributed by atoms with Crippen LogP contribution in [0.1, 0.15) is 54.8 Å². The SMILES string of the molecule is CCCc1noc([C@@H](C)N2CCCN(C(=O)c3cccc(Cl)c3)CC2)n1. The minimum absolute atomic E-state index is 0.0324. The molecule has 0 saturated carbocycles. The summed E-state index contributed by atoms with van der Waals surface area (Å²) in [6.07, 6.45) is 2.74. The molecule has 0 N–H and O–H groups in total. The minimum atomic E-state index is 0.0324. The first-order valence-electron chi connectivity index (χ1n) is 9.20. The molecule has 1 atom stereocenters. The van der Waals surface area contributed by atoms with Crippen molar-refractivity contribution in [3.8, 4) is 0 Å². The summed E-state index contributed by atoms with van der Waals surface area (Å²) in [7, 11) is 0. The summed E-state index contributed by atoms with van der Waals surface area (Å²) in [5, 5.41) is 4.63. The average molecular weight is 377 g/mol. The molecular formula is C19H25ClN4O2. The lowest BCUT2D eigenvalue weighted by atomic mass is 10.2. The van der Waals surface area contributed by atoms with Gasteiger partial charge in [-0.1, -0.05) is 29.7 Å². The van der Waals surface area contributed by atoms with Crippen LogP contribution in [0.15, 0.2) is 28.8 Å². The van der Waals surface area contributed by atoms with E-state index in [1.54, 1.807) is 12.1 Å². The van der Waals surface area contributed by atoms with Gasteiger partial charge in [0.15, 0.2) is 5.82 Å². The van der Waals surface area contributed by atoms with Crippen molar-refractivity contribution >= 4 is 17.5 Å². The molecule has 26 heavy (non-hydrogen) atoms. The van der Waals surface area contributed by atoms with E-state index in [0.29, 0.717) is 23.0 Å². The second kappa shape index (κ2) is 8.64. The average Bonchev–Trinajstić information content (AvgIpc) is 2.96. The van der Waals surface area contributed by atoms with E-state index in [4.69, 9.17) is 16.1 Å². The number of amides is 1. The van der Waals surface area contributed by atoms with E-state index in [1.165, 1.54) is 0 Å². The van der Waals surface area contributed by atoms with E-state index in [9.17, 15) is 4.79 Å². The Kier molecular flexibility index (Phi) is 6.27. The molecule has 1 fully saturated rings. The highest BCUT2D eigenvalue weighted by molar-refractivity contribution is 6.30. The van der Waals surface area contributed by atoms with Gasteiger partial charge in [-0.05, 0) is 38.0 Å². The van der Waals surface area contributed by atoms with Crippen LogP contribution in [0.3, 0.4) is 0 Å². The first kappa shape index (κ1) is 18.9. The fraction of sp³-hybridized carbons (Fsp3) is 0.526. The highest BCUT2D eigenvalue weighted by Crippen LogP contribution is 2.21. The molecular weight excluding hydrogens is 352 g/mol. The molecule has 1 aromatic carbocycles. The smallest absolute Gasteiger partial charge is 0.253 e. The van der Waals surface area contributed by atoms with Gasteiger partial charge in [-0.25, -0.2) is 0 Å². The number of carbonyl (C=O) groups excluding carboxylic acids is 1. The molecule has 6 nitrogen and oxygen atoms in total. The molecule has 0 spiro atoms. The Balaban J connectivity index is 1.63. The van der Waals surface area contributed by atoms with Crippen LogP contribution in [-0.4, -0.2) is 52.0 Å². The van der Waals surface area contributed by atoms with Gasteiger partial charge in [0.1, 0.15) is 0 Å². The van der Waals surface area contributed by atoms with E-state index in [-0.39, 0.29) is 11.9 Å². The third-order valence-corrected chi connectivity index (χ3v) is 4.99. The van der Waals surface area contributed by atoms with Crippen LogP contribution in [0.25, 0.3) is 0 Å². The molecule has 0 aliphatic carbocycles. The number of nitrogens with zero attached hydrogens (tertiary/aromatic N) is 4. The second-order valence-electron chi connectivity index (χ2n) is 6.67. The van der Waals surface area contributed by atoms with Gasteiger partial charge in [-0.15, -0.1) is 0 Å². The molecule has 140 valence electrons. The van der Waals surface area contributed by atoms with Crippen molar-refractivity contribution in [2.45, 2.75) is 39.2 Å². The maximum atomic E-state index is 12.7. The highest BCUT2D eigenvalue weighted by Gasteiger charge is 2.26. The molecule has 0 unspecified atom stereocenters. The van der Waals surface area contributed by atoms with E-state index in [0.717, 1.165) is 44.7 Å². The Hall–Kier alpha value is -1.92. The van der Waals surface area contributed by atoms with Crippen LogP contribution >= 0.6 is 11.6 Å². The van der Waals surface area contributed by atoms with Crippen LogP contribution in [0.2, 0.25) is 5.02 Å². The van der Waals surface area contributed by atoms with Crippen molar-refractivity contribution in [3.05, 3.63) is 46.6 Å². The summed E-state index contributed by atoms with van der Waals surface area (Å²) in [6.45, 7) is 7.26. The van der Waals surface area contributed by atoms with Crippen LogP contribution in [-0.2, 0) is 6.42 Å². The maximum absolute atomic E-state index is 12.7. The summed E-state index contributed by atoms with van der Waals surface area (Å²) in [5.74, 6) is 1.45. The molecule has 1 amide bonds. The first-order valence-corrected chi connectivity index (χ1v) is 9.57. The van der Waals surface area contributed by atoms with E-state index >= 15 is 0 Å². The molecule has 1 aromatic heterocycles. The number of hydrogen-bond acceptors (Lipinski definition) is 5. The zero-order chi connectivity index (χ0) is 18.5. The normalized spacial score (nSPS) is 17.1. The number of rotatable bonds is 5. The molecule has 3 rings (SSSR count). The largest absolute Gasteiger partial charge is 0.338 e. The van der Waals surface area contributed by atoms with E-state index < -0.39 is 0 Å². The summed E-state index contributed by atoms with van der Waals surface area (Å²) >= 11 is 6.01. The van der Waals surface area contributed by atoms with E-state index in [2.05, 4.69) is 28.9 Å². The van der Waals surface area contributed by atoms with E-state index in [1.807, 2.05) is 17.0 Å². The van der Waals surface area contributed by atoms with Gasteiger partial charge in [0.25, 0.3) is 5.91 Å². The van der Waals surface area contributed by atoms with Crippen LogP contribution in [0.5, 0.6) is 0 Å². The summed E-state index contributed by atoms with van der Waals surface area (Å²) in [4.78, 5) is 21.4. The number of aryl methyl sites for hydroxylation is 1. The highest BCUT2D eigenvalue weighted by atomic mass is 35.5. The standard InChI is InChI=1S/C19H25ClN4O2/c1-3-6-17-21-18(26-22-17)14(2)23-9-5-10-24(12-11-23)19(25)15-7-4-8-16(20)13-15/h4,7-8,13-14H,3,5-6,9-12H2,1-2H3/t14-/m1/s1. The Morgan fingerprint density at radius 1 is 1.31 bits per heavy atom. The molecule has 0 bridgehead atoms. The quantitative estimate of drug-likeness (QED) is 0.798. The van der Waals surface area contributed by atoms with Crippen molar-refractivity contribution in [2.75, 3.05) is 26.2 Å². The van der Waals surface area contributed by atoms with Crippen molar-refractivity contribution < 1.29 is 9.32 Å². The number of aromatic nitrogens is 2. The zero-order valence-corrected chi connectivity index (χ0v) is 16.1. The predicted octanol–water partition coefficient (Wildman–Crippen LogP) is 3.58. The molecule has 1 saturated heterocycles. The molecule has 1 aliphatic rings. The first-order chi connectivity index (χ1) is 12.6. The maximum Gasteiger partial charge on any atom is 0.253 e. The summed E-state index contributed by atoms with van der Waals surface area (Å²) in [6, 6.07) is 7.18. The van der Waals surface area contributed by atoms with Crippen LogP contribution in [0.4, 0.5) is 0 Å². The Bertz CT molecular complexity index is 749. The lowest BCUT2D eigenvalue weighted by molar-refractivity contribution is 0.0757. The third kappa shape index (κ3) is 4.43. The van der Waals surface area contributed by atoms with Crippen molar-refractivity contribution in [1.29, 1.82) is 0 Å². The fourth-order valence-electron chi connectivity index (χ4n) is 3.25. The lowest BCUT2D eigenvalue weighted by Crippen LogP contribution is -2.36. The van der Waals surface area contributed by atoms with Crippen molar-refractivity contribution in [3.63, 3.8) is 0 Å². The number of benzene rings is 1. The lowest BCUT2D eigenvalue weighted by Gasteiger charge is -2.25. The fourth-order valence-corrected chi connectivity index (χ4v) is 3.44. The molecule has 7 heteroatoms. The van der Waals surface area contributed by atoms with Gasteiger partial charge in [0.05, 0.1) is 6.04 Å². The number of halogens is 1. The molecule has 0 radical (unpaired) electrons. The number of carbonyl (C=O) groups is 1. The Morgan fingerprint density at radius 2 is 2.15 bits per heavy atom. The predicted molar refractivity (Wildman–Crippen MR) is 100 cm³/mol. The summed E-state index contributed by atoms with van der Waals surface area (Å²) < 4.78 is 5.43. The summed E-state index contributed by atoms with van der Waals surface area (Å²) in [5.41, 5.74) is 0.639. The Labute approximate surface area is 159 Å². The van der Waals surface area contributed by atoms with Gasteiger partial charge in [-0.3, -0.25) is 9.69 Å². The van der Waals surface area contributed by atoms with Crippen LogP contribution in [0, 0.1) is 0 Å². The second-order valence-corrected chi connectivity index (χ2v) is 7.10. The Morgan fingerprint density at radius 3 is 2.92 bits per heavy atom. The van der Waals surface area contributed by atoms with Crippen LogP contribution < -0.4 is 0 Å². The monoisotopic (exact) mass is 376 g/mol. The van der Waals surface area contributed by atoms with Gasteiger partial charge in [0, 0.05) is 43.2 Å². The third-order valence-electron chi connectivity index (χ3n) is 4.75. The molecule has 2 heterocycles. The van der Waals surface area contributed by atoms with Gasteiger partial charge >= 0.3 is 0 Å². The van der Waals surface area contributed by atoms with Gasteiger partial charge in [0.2, 0.25) is 5.89 Å². The topological polar surface area (TPSA) is 62.5 Å². The minimum Gasteiger partial charge on any atom is -0.338 e. The van der Waals surface area contributed by atoms with Crippen molar-refractivity contribution in [1.82, 2.24) is 19.9 Å². The number of hydrogen-bond donors (Lipinski definition) is 0. The molecule has 2 aromatic rings.